The third-order valence-electron chi connectivity index (χ3n) is 9.52. The predicted molar refractivity (Wildman–Crippen MR) is 246 cm³/mol. The summed E-state index contributed by atoms with van der Waals surface area (Å²) in [5.74, 6) is 0. The Morgan fingerprint density at radius 2 is 0.429 bits per heavy atom. The molecule has 0 saturated carbocycles. The summed E-state index contributed by atoms with van der Waals surface area (Å²) in [4.78, 5) is 0. The van der Waals surface area contributed by atoms with Crippen molar-refractivity contribution in [3.05, 3.63) is 248 Å². The number of benzene rings is 8. The van der Waals surface area contributed by atoms with Gasteiger partial charge in [0.2, 0.25) is 0 Å². The van der Waals surface area contributed by atoms with E-state index >= 15 is 0 Å². The molecule has 8 aromatic carbocycles. The van der Waals surface area contributed by atoms with Gasteiger partial charge in [0.05, 0.1) is 0 Å². The molecule has 1 aliphatic rings. The van der Waals surface area contributed by atoms with Crippen molar-refractivity contribution in [3.8, 4) is 55.6 Å². The Balaban J connectivity index is 0.000000158. The van der Waals surface area contributed by atoms with Crippen molar-refractivity contribution in [2.45, 2.75) is 27.7 Å². The number of hydrogen-bond acceptors (Lipinski definition) is 0. The highest BCUT2D eigenvalue weighted by molar-refractivity contribution is 5.77. The maximum absolute atomic E-state index is 2.32. The average Bonchev–Trinajstić information content (AvgIpc) is 3.29. The van der Waals surface area contributed by atoms with Crippen molar-refractivity contribution in [1.29, 1.82) is 0 Å². The van der Waals surface area contributed by atoms with E-state index in [1.807, 2.05) is 24.3 Å². The number of rotatable bonds is 6. The van der Waals surface area contributed by atoms with Crippen LogP contribution in [0.1, 0.15) is 33.3 Å². The van der Waals surface area contributed by atoms with Gasteiger partial charge in [-0.3, -0.25) is 0 Å². The molecule has 0 unspecified atom stereocenters. The van der Waals surface area contributed by atoms with E-state index in [0.717, 1.165) is 6.42 Å². The van der Waals surface area contributed by atoms with Crippen molar-refractivity contribution in [2.24, 2.45) is 0 Å². The van der Waals surface area contributed by atoms with Gasteiger partial charge in [0.1, 0.15) is 0 Å². The highest BCUT2D eigenvalue weighted by Crippen LogP contribution is 2.27. The van der Waals surface area contributed by atoms with E-state index < -0.39 is 0 Å². The Hall–Kier alpha value is -6.76. The first-order valence-corrected chi connectivity index (χ1v) is 18.7. The Morgan fingerprint density at radius 1 is 0.214 bits per heavy atom. The molecule has 0 heteroatoms. The van der Waals surface area contributed by atoms with Crippen LogP contribution in [0.15, 0.2) is 243 Å². The second-order valence-electron chi connectivity index (χ2n) is 13.2. The predicted octanol–water partition coefficient (Wildman–Crippen LogP) is 16.4. The van der Waals surface area contributed by atoms with Crippen LogP contribution in [0.3, 0.4) is 0 Å². The number of hydrogen-bond donors (Lipinski definition) is 0. The summed E-state index contributed by atoms with van der Waals surface area (Å²) in [6.07, 6.45) is 9.12. The van der Waals surface area contributed by atoms with Crippen molar-refractivity contribution < 1.29 is 0 Å². The van der Waals surface area contributed by atoms with E-state index in [-0.39, 0.29) is 14.9 Å². The van der Waals surface area contributed by atoms with Crippen LogP contribution < -0.4 is 0 Å². The molecule has 0 bridgehead atoms. The van der Waals surface area contributed by atoms with Crippen LogP contribution >= 0.6 is 0 Å². The summed E-state index contributed by atoms with van der Waals surface area (Å²) in [6, 6.07) is 78.6. The third-order valence-corrected chi connectivity index (χ3v) is 9.52. The summed E-state index contributed by atoms with van der Waals surface area (Å²) in [5, 5.41) is 0. The normalized spacial score (nSPS) is 11.2. The molecular weight excluding hydrogens is 673 g/mol. The fourth-order valence-corrected chi connectivity index (χ4v) is 6.55. The van der Waals surface area contributed by atoms with Gasteiger partial charge in [-0.2, -0.15) is 0 Å². The molecule has 8 aromatic rings. The lowest BCUT2D eigenvalue weighted by Crippen LogP contribution is -1.86. The van der Waals surface area contributed by atoms with Crippen LogP contribution in [0, 0.1) is 0 Å². The molecule has 0 aliphatic heterocycles. The van der Waals surface area contributed by atoms with Crippen molar-refractivity contribution in [1.82, 2.24) is 0 Å². The topological polar surface area (TPSA) is 0 Å². The average molecular weight is 725 g/mol. The van der Waals surface area contributed by atoms with Crippen LogP contribution in [0.5, 0.6) is 0 Å². The molecule has 0 atom stereocenters. The van der Waals surface area contributed by atoms with Crippen molar-refractivity contribution in [3.63, 3.8) is 0 Å². The lowest BCUT2D eigenvalue weighted by molar-refractivity contribution is 1.04. The zero-order valence-electron chi connectivity index (χ0n) is 30.5. The summed E-state index contributed by atoms with van der Waals surface area (Å²) >= 11 is 0. The molecule has 1 aliphatic carbocycles. The van der Waals surface area contributed by atoms with Gasteiger partial charge in [-0.25, -0.2) is 0 Å². The van der Waals surface area contributed by atoms with Crippen LogP contribution in [-0.4, -0.2) is 0 Å². The molecule has 56 heavy (non-hydrogen) atoms. The first-order chi connectivity index (χ1) is 26.8. The molecule has 0 nitrogen and oxygen atoms in total. The highest BCUT2D eigenvalue weighted by Gasteiger charge is 2.03. The van der Waals surface area contributed by atoms with Crippen LogP contribution in [-0.2, 0) is 0 Å². The minimum atomic E-state index is 0. The molecule has 0 amide bonds. The van der Waals surface area contributed by atoms with Crippen LogP contribution in [0.25, 0.3) is 61.2 Å². The second-order valence-corrected chi connectivity index (χ2v) is 13.2. The largest absolute Gasteiger partial charge is 0.0836 e. The maximum atomic E-state index is 2.32. The van der Waals surface area contributed by atoms with Gasteiger partial charge in [0.15, 0.2) is 0 Å². The van der Waals surface area contributed by atoms with E-state index in [4.69, 9.17) is 0 Å². The number of allylic oxidation sites excluding steroid dienone is 4. The smallest absolute Gasteiger partial charge is 0.0184 e. The van der Waals surface area contributed by atoms with Gasteiger partial charge in [-0.05, 0) is 79.6 Å². The maximum Gasteiger partial charge on any atom is -0.0184 e. The van der Waals surface area contributed by atoms with Crippen LogP contribution in [0.4, 0.5) is 0 Å². The van der Waals surface area contributed by atoms with Gasteiger partial charge in [0, 0.05) is 0 Å². The monoisotopic (exact) mass is 724 g/mol. The first kappa shape index (κ1) is 40.4. The fourth-order valence-electron chi connectivity index (χ4n) is 6.55. The van der Waals surface area contributed by atoms with E-state index in [1.54, 1.807) is 0 Å². The van der Waals surface area contributed by atoms with Gasteiger partial charge in [-0.1, -0.05) is 258 Å². The molecule has 0 radical (unpaired) electrons. The molecule has 276 valence electrons. The summed E-state index contributed by atoms with van der Waals surface area (Å²) in [7, 11) is 0. The van der Waals surface area contributed by atoms with Crippen molar-refractivity contribution in [2.75, 3.05) is 0 Å². The van der Waals surface area contributed by atoms with E-state index in [2.05, 4.69) is 218 Å². The first-order valence-electron chi connectivity index (χ1n) is 18.7. The molecule has 0 fully saturated rings. The summed E-state index contributed by atoms with van der Waals surface area (Å²) < 4.78 is 0. The van der Waals surface area contributed by atoms with Gasteiger partial charge >= 0.3 is 0 Å². The lowest BCUT2D eigenvalue weighted by atomic mass is 9.97. The molecule has 0 spiro atoms. The molecular formula is C56H52. The van der Waals surface area contributed by atoms with E-state index in [1.165, 1.54) is 73.2 Å². The minimum Gasteiger partial charge on any atom is -0.0836 e. The van der Waals surface area contributed by atoms with Crippen molar-refractivity contribution >= 4 is 5.57 Å². The zero-order chi connectivity index (χ0) is 36.6. The quantitative estimate of drug-likeness (QED) is 0.160. The minimum absolute atomic E-state index is 0. The fraction of sp³-hybridized carbons (Fsp3) is 0.0714. The third kappa shape index (κ3) is 11.1. The zero-order valence-corrected chi connectivity index (χ0v) is 30.5. The van der Waals surface area contributed by atoms with Gasteiger partial charge in [-0.15, -0.1) is 0 Å². The molecule has 0 heterocycles. The lowest BCUT2D eigenvalue weighted by Gasteiger charge is -2.08. The van der Waals surface area contributed by atoms with Gasteiger partial charge in [0.25, 0.3) is 0 Å². The van der Waals surface area contributed by atoms with Gasteiger partial charge < -0.3 is 0 Å². The SMILES string of the molecule is C.C.C1=CC(c2ccc(-c3ccccc3)cc2)=CCC1.c1ccc(-c2ccc(-c3ccccc3)cc2)cc1.c1ccc(-c2ccc(-c3ccccc3)cc2)cc1. The summed E-state index contributed by atoms with van der Waals surface area (Å²) in [6.45, 7) is 0. The van der Waals surface area contributed by atoms with E-state index in [9.17, 15) is 0 Å². The molecule has 0 N–H and O–H groups in total. The Kier molecular flexibility index (Phi) is 15.3. The Morgan fingerprint density at radius 3 is 0.643 bits per heavy atom. The molecule has 0 aromatic heterocycles. The van der Waals surface area contributed by atoms with Crippen LogP contribution in [0.2, 0.25) is 0 Å². The standard InChI is InChI=1S/C18H16.2C18H14.2CH4/c3*1-3-7-15(8-4-1)17-11-13-18(14-12-17)16-9-5-2-6-10-16;;/h1,3-5,7-14H,2,6H2;2*1-14H;2*1H4. The Labute approximate surface area is 335 Å². The Bertz CT molecular complexity index is 2100. The molecule has 9 rings (SSSR count). The second kappa shape index (κ2) is 21.2. The molecule has 0 saturated heterocycles. The van der Waals surface area contributed by atoms with E-state index in [0.29, 0.717) is 0 Å². The highest BCUT2D eigenvalue weighted by atomic mass is 14.1. The summed E-state index contributed by atoms with van der Waals surface area (Å²) in [5.41, 5.74) is 15.3.